The van der Waals surface area contributed by atoms with Crippen LogP contribution in [0.3, 0.4) is 0 Å². The summed E-state index contributed by atoms with van der Waals surface area (Å²) >= 11 is 0. The second-order valence-electron chi connectivity index (χ2n) is 9.15. The molecule has 1 N–H and O–H groups in total. The summed E-state index contributed by atoms with van der Waals surface area (Å²) in [5.74, 6) is 1.08. The van der Waals surface area contributed by atoms with Crippen molar-refractivity contribution in [2.75, 3.05) is 57.1 Å². The molecule has 2 fully saturated rings. The fraction of sp³-hybridized carbons (Fsp3) is 0.500. The standard InChI is InChI=1S/C26H35N5O3/c1-4-5-12-31-24(32)17-22(25(31)19-6-9-21(34-3)10-7-19)26(33)28-20-8-11-23(27-18-20)30-15-13-29(2)14-16-30/h6-11,18,22,25H,4-5,12-17H2,1-3H3,(H,28,33). The van der Waals surface area contributed by atoms with Crippen molar-refractivity contribution in [1.82, 2.24) is 14.8 Å². The minimum Gasteiger partial charge on any atom is -0.497 e. The molecule has 182 valence electrons. The first-order valence-electron chi connectivity index (χ1n) is 12.1. The Bertz CT molecular complexity index is 971. The zero-order valence-electron chi connectivity index (χ0n) is 20.4. The Balaban J connectivity index is 1.49. The van der Waals surface area contributed by atoms with Crippen LogP contribution in [-0.4, -0.2) is 73.5 Å². The monoisotopic (exact) mass is 465 g/mol. The van der Waals surface area contributed by atoms with Gasteiger partial charge in [0.2, 0.25) is 11.8 Å². The molecule has 0 radical (unpaired) electrons. The van der Waals surface area contributed by atoms with Crippen LogP contribution in [0.4, 0.5) is 11.5 Å². The number of carbonyl (C=O) groups is 2. The maximum Gasteiger partial charge on any atom is 0.230 e. The molecule has 0 bridgehead atoms. The predicted octanol–water partition coefficient (Wildman–Crippen LogP) is 3.17. The Morgan fingerprint density at radius 1 is 1.12 bits per heavy atom. The van der Waals surface area contributed by atoms with Gasteiger partial charge in [0, 0.05) is 39.1 Å². The lowest BCUT2D eigenvalue weighted by atomic mass is 9.92. The second kappa shape index (κ2) is 10.9. The zero-order chi connectivity index (χ0) is 24.1. The summed E-state index contributed by atoms with van der Waals surface area (Å²) < 4.78 is 5.28. The molecular weight excluding hydrogens is 430 g/mol. The first-order valence-corrected chi connectivity index (χ1v) is 12.1. The number of rotatable bonds is 8. The number of aromatic nitrogens is 1. The average molecular weight is 466 g/mol. The number of piperazine rings is 1. The number of hydrogen-bond donors (Lipinski definition) is 1. The summed E-state index contributed by atoms with van der Waals surface area (Å²) in [6, 6.07) is 11.2. The second-order valence-corrected chi connectivity index (χ2v) is 9.15. The number of methoxy groups -OCH3 is 1. The number of likely N-dealkylation sites (tertiary alicyclic amines) is 1. The molecule has 3 heterocycles. The molecule has 0 saturated carbocycles. The number of ether oxygens (including phenoxy) is 1. The third-order valence-corrected chi connectivity index (χ3v) is 6.82. The number of carbonyl (C=O) groups excluding carboxylic acids is 2. The Kier molecular flexibility index (Phi) is 7.67. The lowest BCUT2D eigenvalue weighted by Gasteiger charge is -2.33. The molecule has 1 aromatic carbocycles. The van der Waals surface area contributed by atoms with Gasteiger partial charge in [0.25, 0.3) is 0 Å². The minimum atomic E-state index is -0.463. The molecule has 2 unspecified atom stereocenters. The first kappa shape index (κ1) is 24.0. The zero-order valence-corrected chi connectivity index (χ0v) is 20.4. The number of hydrogen-bond acceptors (Lipinski definition) is 6. The van der Waals surface area contributed by atoms with Gasteiger partial charge in [-0.25, -0.2) is 4.98 Å². The van der Waals surface area contributed by atoms with Gasteiger partial charge < -0.3 is 24.8 Å². The van der Waals surface area contributed by atoms with Gasteiger partial charge in [0.15, 0.2) is 0 Å². The van der Waals surface area contributed by atoms with Crippen molar-refractivity contribution >= 4 is 23.3 Å². The molecule has 0 aliphatic carbocycles. The number of pyridine rings is 1. The number of unbranched alkanes of at least 4 members (excludes halogenated alkanes) is 1. The van der Waals surface area contributed by atoms with Crippen LogP contribution in [0.2, 0.25) is 0 Å². The van der Waals surface area contributed by atoms with Gasteiger partial charge in [-0.05, 0) is 43.3 Å². The van der Waals surface area contributed by atoms with Crippen LogP contribution >= 0.6 is 0 Å². The summed E-state index contributed by atoms with van der Waals surface area (Å²) in [5, 5.41) is 3.01. The molecule has 8 nitrogen and oxygen atoms in total. The van der Waals surface area contributed by atoms with Crippen molar-refractivity contribution in [2.24, 2.45) is 5.92 Å². The van der Waals surface area contributed by atoms with Gasteiger partial charge in [0.1, 0.15) is 11.6 Å². The molecule has 34 heavy (non-hydrogen) atoms. The lowest BCUT2D eigenvalue weighted by molar-refractivity contribution is -0.129. The fourth-order valence-corrected chi connectivity index (χ4v) is 4.75. The van der Waals surface area contributed by atoms with Crippen LogP contribution in [-0.2, 0) is 9.59 Å². The minimum absolute atomic E-state index is 0.0259. The highest BCUT2D eigenvalue weighted by Gasteiger charge is 2.44. The molecule has 2 aliphatic heterocycles. The molecule has 2 saturated heterocycles. The van der Waals surface area contributed by atoms with Crippen LogP contribution in [0, 0.1) is 5.92 Å². The summed E-state index contributed by atoms with van der Waals surface area (Å²) in [6.45, 7) is 6.66. The molecule has 4 rings (SSSR count). The van der Waals surface area contributed by atoms with E-state index in [4.69, 9.17) is 4.74 Å². The Hall–Kier alpha value is -3.13. The van der Waals surface area contributed by atoms with E-state index in [1.54, 1.807) is 13.3 Å². The molecule has 2 amide bonds. The van der Waals surface area contributed by atoms with Crippen molar-refractivity contribution in [2.45, 2.75) is 32.2 Å². The van der Waals surface area contributed by atoms with Gasteiger partial charge in [-0.2, -0.15) is 0 Å². The Labute approximate surface area is 201 Å². The third kappa shape index (κ3) is 5.33. The Morgan fingerprint density at radius 2 is 1.85 bits per heavy atom. The van der Waals surface area contributed by atoms with Crippen molar-refractivity contribution in [3.63, 3.8) is 0 Å². The molecular formula is C26H35N5O3. The molecule has 2 atom stereocenters. The third-order valence-electron chi connectivity index (χ3n) is 6.82. The lowest BCUT2D eigenvalue weighted by Crippen LogP contribution is -2.44. The number of benzene rings is 1. The molecule has 8 heteroatoms. The maximum atomic E-state index is 13.4. The van der Waals surface area contributed by atoms with E-state index in [0.717, 1.165) is 56.2 Å². The van der Waals surface area contributed by atoms with Crippen LogP contribution < -0.4 is 15.0 Å². The van der Waals surface area contributed by atoms with E-state index < -0.39 is 5.92 Å². The van der Waals surface area contributed by atoms with E-state index in [1.807, 2.05) is 41.3 Å². The topological polar surface area (TPSA) is 78.0 Å². The van der Waals surface area contributed by atoms with Crippen molar-refractivity contribution < 1.29 is 14.3 Å². The summed E-state index contributed by atoms with van der Waals surface area (Å²) in [5.41, 5.74) is 1.60. The van der Waals surface area contributed by atoms with Gasteiger partial charge in [-0.15, -0.1) is 0 Å². The van der Waals surface area contributed by atoms with E-state index in [1.165, 1.54) is 0 Å². The normalized spacial score (nSPS) is 21.1. The Morgan fingerprint density at radius 3 is 2.47 bits per heavy atom. The average Bonchev–Trinajstić information content (AvgIpc) is 3.20. The predicted molar refractivity (Wildman–Crippen MR) is 133 cm³/mol. The highest BCUT2D eigenvalue weighted by atomic mass is 16.5. The van der Waals surface area contributed by atoms with Crippen LogP contribution in [0.5, 0.6) is 5.75 Å². The number of amides is 2. The van der Waals surface area contributed by atoms with Crippen LogP contribution in [0.25, 0.3) is 0 Å². The van der Waals surface area contributed by atoms with Gasteiger partial charge in [0.05, 0.1) is 31.0 Å². The van der Waals surface area contributed by atoms with E-state index in [0.29, 0.717) is 12.2 Å². The molecule has 1 aromatic heterocycles. The highest BCUT2D eigenvalue weighted by Crippen LogP contribution is 2.39. The SMILES string of the molecule is CCCCN1C(=O)CC(C(=O)Nc2ccc(N3CCN(C)CC3)nc2)C1c1ccc(OC)cc1. The molecule has 2 aromatic rings. The maximum absolute atomic E-state index is 13.4. The smallest absolute Gasteiger partial charge is 0.230 e. The number of nitrogens with one attached hydrogen (secondary N) is 1. The quantitative estimate of drug-likeness (QED) is 0.645. The van der Waals surface area contributed by atoms with Crippen molar-refractivity contribution in [1.29, 1.82) is 0 Å². The first-order chi connectivity index (χ1) is 16.5. The largest absolute Gasteiger partial charge is 0.497 e. The van der Waals surface area contributed by atoms with Gasteiger partial charge in [-0.3, -0.25) is 9.59 Å². The van der Waals surface area contributed by atoms with E-state index >= 15 is 0 Å². The summed E-state index contributed by atoms with van der Waals surface area (Å²) in [4.78, 5) is 37.2. The van der Waals surface area contributed by atoms with E-state index in [-0.39, 0.29) is 24.3 Å². The molecule has 2 aliphatic rings. The van der Waals surface area contributed by atoms with E-state index in [2.05, 4.69) is 34.1 Å². The highest BCUT2D eigenvalue weighted by molar-refractivity contribution is 5.98. The van der Waals surface area contributed by atoms with Gasteiger partial charge >= 0.3 is 0 Å². The summed E-state index contributed by atoms with van der Waals surface area (Å²) in [6.07, 6.45) is 3.81. The summed E-state index contributed by atoms with van der Waals surface area (Å²) in [7, 11) is 3.75. The van der Waals surface area contributed by atoms with Gasteiger partial charge in [-0.1, -0.05) is 25.5 Å². The molecule has 0 spiro atoms. The number of likely N-dealkylation sites (N-methyl/N-ethyl adjacent to an activating group) is 1. The van der Waals surface area contributed by atoms with Crippen molar-refractivity contribution in [3.8, 4) is 5.75 Å². The van der Waals surface area contributed by atoms with E-state index in [9.17, 15) is 9.59 Å². The van der Waals surface area contributed by atoms with Crippen molar-refractivity contribution in [3.05, 3.63) is 48.2 Å². The van der Waals surface area contributed by atoms with Crippen LogP contribution in [0.15, 0.2) is 42.6 Å². The number of nitrogens with zero attached hydrogens (tertiary/aromatic N) is 4. The fourth-order valence-electron chi connectivity index (χ4n) is 4.75. The number of anilines is 2. The van der Waals surface area contributed by atoms with Crippen LogP contribution in [0.1, 0.15) is 37.8 Å².